The Balaban J connectivity index is 1.74. The molecule has 0 bridgehead atoms. The van der Waals surface area contributed by atoms with Crippen molar-refractivity contribution in [2.24, 2.45) is 11.8 Å². The number of carbonyl (C=O) groups is 3. The van der Waals surface area contributed by atoms with Gasteiger partial charge in [0.15, 0.2) is 18.9 Å². The monoisotopic (exact) mass is 899 g/mol. The van der Waals surface area contributed by atoms with E-state index in [1.165, 1.54) is 14.0 Å². The summed E-state index contributed by atoms with van der Waals surface area (Å²) in [6.45, 7) is 12.4. The number of methoxy groups -OCH3 is 1. The third-order valence-corrected chi connectivity index (χ3v) is 12.9. The minimum Gasteiger partial charge on any atom is -0.462 e. The summed E-state index contributed by atoms with van der Waals surface area (Å²) in [6.07, 6.45) is -1.76. The summed E-state index contributed by atoms with van der Waals surface area (Å²) >= 11 is 0. The number of aliphatic hydroxyl groups is 3. The van der Waals surface area contributed by atoms with Gasteiger partial charge in [0.1, 0.15) is 42.9 Å². The van der Waals surface area contributed by atoms with Crippen molar-refractivity contribution in [3.63, 3.8) is 0 Å². The van der Waals surface area contributed by atoms with Gasteiger partial charge in [-0.3, -0.25) is 9.59 Å². The number of cyclic esters (lactones) is 1. The Bertz CT molecular complexity index is 1490. The molecule has 4 heterocycles. The molecule has 19 atom stereocenters. The number of aliphatic hydroxyl groups excluding tert-OH is 2. The first kappa shape index (κ1) is 53.2. The molecule has 0 aromatic heterocycles. The summed E-state index contributed by atoms with van der Waals surface area (Å²) in [7, 11) is 9.04. The highest BCUT2D eigenvalue weighted by Gasteiger charge is 2.52. The average molecular weight is 899 g/mol. The van der Waals surface area contributed by atoms with Gasteiger partial charge in [0.25, 0.3) is 0 Å². The van der Waals surface area contributed by atoms with Gasteiger partial charge in [-0.15, -0.1) is 0 Å². The molecule has 4 rings (SSSR count). The average Bonchev–Trinajstić information content (AvgIpc) is 3.19. The van der Waals surface area contributed by atoms with E-state index in [1.807, 2.05) is 52.2 Å². The van der Waals surface area contributed by atoms with Gasteiger partial charge >= 0.3 is 11.9 Å². The van der Waals surface area contributed by atoms with Crippen molar-refractivity contribution in [3.8, 4) is 0 Å². The molecule has 0 aromatic carbocycles. The maximum atomic E-state index is 13.5. The third-order valence-electron chi connectivity index (χ3n) is 12.9. The van der Waals surface area contributed by atoms with E-state index in [-0.39, 0.29) is 43.7 Å². The largest absolute Gasteiger partial charge is 0.462 e. The Kier molecular flexibility index (Phi) is 20.6. The van der Waals surface area contributed by atoms with Crippen LogP contribution < -0.4 is 0 Å². The van der Waals surface area contributed by atoms with Crippen molar-refractivity contribution >= 4 is 18.2 Å². The van der Waals surface area contributed by atoms with Crippen molar-refractivity contribution in [2.75, 3.05) is 35.3 Å². The predicted octanol–water partition coefficient (Wildman–Crippen LogP) is 3.29. The SMILES string of the molecule is CCC(=O)O[C@@H]1CC(=O)O[C@H](C)C/C=C/C=C/[C@H](O[C@H]2CC[C@H](N(C)C)[C@@H](C)O2)[C@H](C)C[C@H](CC=O)[C@H](O[C@@H]2O[C@H](C)[C@@H](O[C@H]3C[C@@](C)(O)[C@@H](O)[C@H](C)O3)[C@H](N(C)C)[C@H]2O)[C@H]1OC. The molecule has 0 amide bonds. The van der Waals surface area contributed by atoms with Crippen LogP contribution >= 0.6 is 0 Å². The molecule has 3 N–H and O–H groups in total. The predicted molar refractivity (Wildman–Crippen MR) is 231 cm³/mol. The van der Waals surface area contributed by atoms with Gasteiger partial charge in [-0.2, -0.15) is 0 Å². The Hall–Kier alpha value is -2.39. The number of aldehydes is 1. The number of hydrogen-bond acceptors (Lipinski definition) is 17. The van der Waals surface area contributed by atoms with Gasteiger partial charge in [-0.1, -0.05) is 38.2 Å². The molecule has 0 aromatic rings. The summed E-state index contributed by atoms with van der Waals surface area (Å²) in [6, 6.07) is -0.510. The van der Waals surface area contributed by atoms with E-state index in [1.54, 1.807) is 46.7 Å². The number of nitrogens with zero attached hydrogens (tertiary/aromatic N) is 2. The second kappa shape index (κ2) is 24.4. The highest BCUT2D eigenvalue weighted by atomic mass is 16.7. The van der Waals surface area contributed by atoms with Crippen LogP contribution in [0.3, 0.4) is 0 Å². The van der Waals surface area contributed by atoms with Crippen LogP contribution in [0, 0.1) is 11.8 Å². The number of allylic oxidation sites excluding steroid dienone is 2. The molecule has 0 saturated carbocycles. The van der Waals surface area contributed by atoms with Crippen LogP contribution in [0.5, 0.6) is 0 Å². The van der Waals surface area contributed by atoms with Crippen molar-refractivity contribution < 1.29 is 72.3 Å². The lowest BCUT2D eigenvalue weighted by Gasteiger charge is -2.50. The maximum Gasteiger partial charge on any atom is 0.309 e. The first-order chi connectivity index (χ1) is 29.7. The normalized spacial score (nSPS) is 43.5. The molecule has 4 aliphatic rings. The zero-order valence-corrected chi connectivity index (χ0v) is 39.6. The summed E-state index contributed by atoms with van der Waals surface area (Å²) in [5.74, 6) is -2.12. The van der Waals surface area contributed by atoms with Crippen LogP contribution in [-0.2, 0) is 57.0 Å². The van der Waals surface area contributed by atoms with Crippen LogP contribution in [0.1, 0.15) is 99.8 Å². The van der Waals surface area contributed by atoms with Crippen molar-refractivity contribution in [2.45, 2.75) is 204 Å². The van der Waals surface area contributed by atoms with Gasteiger partial charge in [0.05, 0.1) is 48.6 Å². The number of rotatable bonds is 13. The fraction of sp³-hybridized carbons (Fsp3) is 0.848. The fourth-order valence-corrected chi connectivity index (χ4v) is 9.44. The molecule has 0 radical (unpaired) electrons. The summed E-state index contributed by atoms with van der Waals surface area (Å²) < 4.78 is 56.7. The van der Waals surface area contributed by atoms with Crippen molar-refractivity contribution in [1.82, 2.24) is 9.80 Å². The number of hydrogen-bond donors (Lipinski definition) is 3. The highest BCUT2D eigenvalue weighted by Crippen LogP contribution is 2.38. The van der Waals surface area contributed by atoms with Crippen molar-refractivity contribution in [1.29, 1.82) is 0 Å². The quantitative estimate of drug-likeness (QED) is 0.180. The van der Waals surface area contributed by atoms with E-state index in [0.29, 0.717) is 19.3 Å². The molecule has 63 heavy (non-hydrogen) atoms. The van der Waals surface area contributed by atoms with Crippen LogP contribution in [0.25, 0.3) is 0 Å². The lowest BCUT2D eigenvalue weighted by Crippen LogP contribution is -2.65. The molecular weight excluding hydrogens is 821 g/mol. The molecule has 3 fully saturated rings. The first-order valence-electron chi connectivity index (χ1n) is 22.7. The Morgan fingerprint density at radius 3 is 2.21 bits per heavy atom. The number of carbonyl (C=O) groups excluding carboxylic acids is 3. The van der Waals surface area contributed by atoms with E-state index in [2.05, 4.69) is 4.90 Å². The van der Waals surface area contributed by atoms with Crippen LogP contribution in [0.2, 0.25) is 0 Å². The lowest BCUT2D eigenvalue weighted by molar-refractivity contribution is -0.344. The van der Waals surface area contributed by atoms with Crippen LogP contribution in [0.4, 0.5) is 0 Å². The maximum absolute atomic E-state index is 13.5. The molecular formula is C46H78N2O15. The molecule has 0 aliphatic carbocycles. The summed E-state index contributed by atoms with van der Waals surface area (Å²) in [4.78, 5) is 43.2. The second-order valence-corrected chi connectivity index (χ2v) is 18.6. The molecule has 17 heteroatoms. The van der Waals surface area contributed by atoms with Gasteiger partial charge in [0.2, 0.25) is 0 Å². The van der Waals surface area contributed by atoms with Crippen LogP contribution in [-0.4, -0.2) is 182 Å². The zero-order valence-electron chi connectivity index (χ0n) is 39.6. The van der Waals surface area contributed by atoms with Gasteiger partial charge in [0, 0.05) is 38.8 Å². The van der Waals surface area contributed by atoms with E-state index in [0.717, 1.165) is 12.7 Å². The molecule has 362 valence electrons. The molecule has 3 saturated heterocycles. The Labute approximate surface area is 374 Å². The minimum absolute atomic E-state index is 0.0117. The molecule has 17 nitrogen and oxygen atoms in total. The van der Waals surface area contributed by atoms with Crippen molar-refractivity contribution in [3.05, 3.63) is 24.3 Å². The van der Waals surface area contributed by atoms with E-state index >= 15 is 0 Å². The molecule has 4 aliphatic heterocycles. The van der Waals surface area contributed by atoms with Crippen LogP contribution in [0.15, 0.2) is 24.3 Å². The minimum atomic E-state index is -1.49. The first-order valence-corrected chi connectivity index (χ1v) is 22.7. The highest BCUT2D eigenvalue weighted by molar-refractivity contribution is 5.72. The Morgan fingerprint density at radius 1 is 0.905 bits per heavy atom. The van der Waals surface area contributed by atoms with Gasteiger partial charge < -0.3 is 72.5 Å². The number of likely N-dealkylation sites (N-methyl/N-ethyl adjacent to an activating group) is 2. The molecule has 0 spiro atoms. The number of ether oxygens (including phenoxy) is 9. The van der Waals surface area contributed by atoms with E-state index in [9.17, 15) is 29.7 Å². The summed E-state index contributed by atoms with van der Waals surface area (Å²) in [5, 5.41) is 33.7. The summed E-state index contributed by atoms with van der Waals surface area (Å²) in [5.41, 5.74) is -1.49. The lowest BCUT2D eigenvalue weighted by atomic mass is 9.82. The number of esters is 2. The smallest absolute Gasteiger partial charge is 0.309 e. The standard InChI is InChI=1S/C46H78N2O15/c1-13-35(50)60-34-24-36(51)56-27(3)17-15-14-16-18-33(61-37-20-19-32(47(8)9)28(4)57-37)26(2)23-31(21-22-49)42(43(34)55-12)63-45-40(52)39(48(10)11)41(29(5)59-45)62-38-25-46(7,54)44(53)30(6)58-38/h14-16,18,22,26-34,37-45,52-54H,13,17,19-21,23-25H2,1-12H3/b15-14+,18-16+/t26-,27-,28-,29-,30+,31+,32+,33+,34-,37+,38+,39-,40-,41-,42+,43+,44+,45+,46-/m1/s1. The van der Waals surface area contributed by atoms with Gasteiger partial charge in [-0.05, 0) is 93.9 Å². The Morgan fingerprint density at radius 2 is 1.60 bits per heavy atom. The third kappa shape index (κ3) is 14.5. The van der Waals surface area contributed by atoms with Gasteiger partial charge in [-0.25, -0.2) is 0 Å². The topological polar surface area (TPSA) is 201 Å². The van der Waals surface area contributed by atoms with E-state index in [4.69, 9.17) is 42.6 Å². The molecule has 0 unspecified atom stereocenters. The second-order valence-electron chi connectivity index (χ2n) is 18.6. The van der Waals surface area contributed by atoms with E-state index < -0.39 is 109 Å². The zero-order chi connectivity index (χ0) is 46.8. The fourth-order valence-electron chi connectivity index (χ4n) is 9.44.